The fourth-order valence-electron chi connectivity index (χ4n) is 4.68. The first-order chi connectivity index (χ1) is 19.3. The first kappa shape index (κ1) is 27.8. The first-order valence-corrected chi connectivity index (χ1v) is 12.5. The Kier molecular flexibility index (Phi) is 8.75. The predicted octanol–water partition coefficient (Wildman–Crippen LogP) is 4.36. The molecule has 1 unspecified atom stereocenters. The number of ether oxygens (including phenoxy) is 1. The van der Waals surface area contributed by atoms with Gasteiger partial charge in [-0.3, -0.25) is 9.59 Å². The highest BCUT2D eigenvalue weighted by atomic mass is 16.6. The molecule has 11 nitrogen and oxygen atoms in total. The van der Waals surface area contributed by atoms with Crippen molar-refractivity contribution in [3.05, 3.63) is 119 Å². The molecule has 0 bridgehead atoms. The van der Waals surface area contributed by atoms with Crippen LogP contribution in [0.3, 0.4) is 0 Å². The van der Waals surface area contributed by atoms with Gasteiger partial charge in [-0.25, -0.2) is 4.57 Å². The Hall–Kier alpha value is -5.19. The van der Waals surface area contributed by atoms with Crippen molar-refractivity contribution >= 4 is 23.5 Å². The van der Waals surface area contributed by atoms with Crippen LogP contribution in [-0.4, -0.2) is 56.2 Å². The number of benzene rings is 3. The summed E-state index contributed by atoms with van der Waals surface area (Å²) >= 11 is 0. The second-order valence-corrected chi connectivity index (χ2v) is 8.99. The predicted molar refractivity (Wildman–Crippen MR) is 148 cm³/mol. The molecule has 1 aromatic heterocycles. The Morgan fingerprint density at radius 3 is 2.08 bits per heavy atom. The molecule has 40 heavy (non-hydrogen) atoms. The van der Waals surface area contributed by atoms with Crippen LogP contribution in [0.5, 0.6) is 5.75 Å². The number of hydrogen-bond acceptors (Lipinski definition) is 7. The molecule has 1 N–H and O–H groups in total. The van der Waals surface area contributed by atoms with E-state index in [1.54, 1.807) is 26.2 Å². The number of hydrogen-bond donors (Lipinski definition) is 1. The highest BCUT2D eigenvalue weighted by Crippen LogP contribution is 2.36. The Morgan fingerprint density at radius 1 is 1.00 bits per heavy atom. The molecule has 0 aliphatic heterocycles. The molecule has 0 saturated heterocycles. The summed E-state index contributed by atoms with van der Waals surface area (Å²) in [5.74, 6) is -1.70. The van der Waals surface area contributed by atoms with E-state index in [0.717, 1.165) is 15.7 Å². The van der Waals surface area contributed by atoms with Gasteiger partial charge in [0.2, 0.25) is 0 Å². The molecular formula is C29H29N5O6. The molecule has 4 aromatic rings. The number of nitro groups is 1. The normalized spacial score (nSPS) is 11.6. The fraction of sp³-hybridized carbons (Fsp3) is 0.207. The average molecular weight is 544 g/mol. The highest BCUT2D eigenvalue weighted by molar-refractivity contribution is 5.82. The number of aromatic nitrogens is 2. The maximum atomic E-state index is 13.6. The van der Waals surface area contributed by atoms with E-state index in [1.165, 1.54) is 17.3 Å². The molecule has 0 spiro atoms. The summed E-state index contributed by atoms with van der Waals surface area (Å²) in [4.78, 5) is 43.2. The Labute approximate surface area is 231 Å². The number of aliphatic carboxylic acids is 1. The van der Waals surface area contributed by atoms with Crippen molar-refractivity contribution in [1.82, 2.24) is 14.5 Å². The van der Waals surface area contributed by atoms with Gasteiger partial charge in [0.05, 0.1) is 13.2 Å². The molecule has 206 valence electrons. The van der Waals surface area contributed by atoms with Crippen molar-refractivity contribution in [1.29, 1.82) is 0 Å². The minimum Gasteiger partial charge on any atom is -0.497 e. The molecule has 0 aliphatic rings. The number of methoxy groups -OCH3 is 1. The van der Waals surface area contributed by atoms with Crippen molar-refractivity contribution in [3.63, 3.8) is 0 Å². The summed E-state index contributed by atoms with van der Waals surface area (Å²) < 4.78 is 6.43. The van der Waals surface area contributed by atoms with Crippen LogP contribution in [0.2, 0.25) is 0 Å². The summed E-state index contributed by atoms with van der Waals surface area (Å²) in [5.41, 5.74) is 2.55. The first-order valence-electron chi connectivity index (χ1n) is 12.5. The molecule has 1 atom stereocenters. The summed E-state index contributed by atoms with van der Waals surface area (Å²) in [5, 5.41) is 21.2. The van der Waals surface area contributed by atoms with Gasteiger partial charge in [-0.2, -0.15) is 0 Å². The van der Waals surface area contributed by atoms with Crippen LogP contribution in [0.25, 0.3) is 0 Å². The number of amides is 1. The second-order valence-electron chi connectivity index (χ2n) is 8.99. The van der Waals surface area contributed by atoms with E-state index < -0.39 is 48.0 Å². The zero-order valence-electron chi connectivity index (χ0n) is 22.0. The van der Waals surface area contributed by atoms with Crippen LogP contribution in [0.15, 0.2) is 97.3 Å². The maximum absolute atomic E-state index is 13.6. The van der Waals surface area contributed by atoms with Gasteiger partial charge < -0.3 is 29.8 Å². The van der Waals surface area contributed by atoms with Gasteiger partial charge in [0.1, 0.15) is 30.9 Å². The van der Waals surface area contributed by atoms with E-state index in [-0.39, 0.29) is 0 Å². The molecule has 0 aliphatic carbocycles. The van der Waals surface area contributed by atoms with E-state index in [4.69, 9.17) is 4.74 Å². The summed E-state index contributed by atoms with van der Waals surface area (Å²) in [6, 6.07) is 26.2. The number of carboxylic acid groups (broad SMARTS) is 1. The lowest BCUT2D eigenvalue weighted by atomic mass is 9.95. The molecule has 0 saturated carbocycles. The summed E-state index contributed by atoms with van der Waals surface area (Å²) in [6.45, 7) is 0.670. The standard InChI is InChI=1S/C29H29N5O6/c1-21(32(20-27(36)37)26(35)19-31-18-17-30-29(31)34(38)39)33(24-13-15-25(40-2)16-14-24)28(22-9-5-3-6-10-22)23-11-7-4-8-12-23/h3-18,21,28H,19-20H2,1-2H3,(H,36,37). The van der Waals surface area contributed by atoms with E-state index in [1.807, 2.05) is 77.7 Å². The molecule has 4 rings (SSSR count). The number of carboxylic acids is 1. The van der Waals surface area contributed by atoms with E-state index in [9.17, 15) is 24.8 Å². The van der Waals surface area contributed by atoms with Crippen molar-refractivity contribution in [3.8, 4) is 5.75 Å². The Bertz CT molecular complexity index is 1400. The van der Waals surface area contributed by atoms with Crippen molar-refractivity contribution in [2.24, 2.45) is 0 Å². The van der Waals surface area contributed by atoms with E-state index in [2.05, 4.69) is 4.98 Å². The van der Waals surface area contributed by atoms with Crippen LogP contribution >= 0.6 is 0 Å². The Balaban J connectivity index is 1.84. The van der Waals surface area contributed by atoms with Crippen LogP contribution in [-0.2, 0) is 16.1 Å². The molecule has 1 heterocycles. The lowest BCUT2D eigenvalue weighted by Gasteiger charge is -2.43. The van der Waals surface area contributed by atoms with Crippen molar-refractivity contribution in [2.75, 3.05) is 18.6 Å². The third-order valence-electron chi connectivity index (χ3n) is 6.52. The van der Waals surface area contributed by atoms with Gasteiger partial charge >= 0.3 is 11.9 Å². The van der Waals surface area contributed by atoms with Gasteiger partial charge in [-0.15, -0.1) is 0 Å². The number of imidazole rings is 1. The van der Waals surface area contributed by atoms with Gasteiger partial charge in [0.15, 0.2) is 6.54 Å². The highest BCUT2D eigenvalue weighted by Gasteiger charge is 2.34. The van der Waals surface area contributed by atoms with Crippen molar-refractivity contribution in [2.45, 2.75) is 25.7 Å². The molecule has 0 radical (unpaired) electrons. The van der Waals surface area contributed by atoms with Crippen molar-refractivity contribution < 1.29 is 24.4 Å². The third kappa shape index (κ3) is 6.26. The molecule has 3 aromatic carbocycles. The summed E-state index contributed by atoms with van der Waals surface area (Å²) in [6.07, 6.45) is 1.74. The topological polar surface area (TPSA) is 131 Å². The quantitative estimate of drug-likeness (QED) is 0.158. The maximum Gasteiger partial charge on any atom is 0.435 e. The van der Waals surface area contributed by atoms with Gasteiger partial charge in [0, 0.05) is 5.69 Å². The molecule has 1 amide bonds. The van der Waals surface area contributed by atoms with Crippen LogP contribution < -0.4 is 9.64 Å². The minimum absolute atomic E-state index is 0.419. The Morgan fingerprint density at radius 2 is 1.57 bits per heavy atom. The second kappa shape index (κ2) is 12.6. The number of anilines is 1. The molecular weight excluding hydrogens is 514 g/mol. The van der Waals surface area contributed by atoms with Crippen LogP contribution in [0.4, 0.5) is 11.6 Å². The number of carbonyl (C=O) groups excluding carboxylic acids is 1. The number of nitrogens with zero attached hydrogens (tertiary/aromatic N) is 5. The monoisotopic (exact) mass is 543 g/mol. The molecule has 0 fully saturated rings. The lowest BCUT2D eigenvalue weighted by molar-refractivity contribution is -0.396. The molecule has 11 heteroatoms. The van der Waals surface area contributed by atoms with E-state index in [0.29, 0.717) is 11.4 Å². The third-order valence-corrected chi connectivity index (χ3v) is 6.52. The van der Waals surface area contributed by atoms with Crippen LogP contribution in [0.1, 0.15) is 24.1 Å². The van der Waals surface area contributed by atoms with E-state index >= 15 is 0 Å². The summed E-state index contributed by atoms with van der Waals surface area (Å²) in [7, 11) is 1.56. The lowest BCUT2D eigenvalue weighted by Crippen LogP contribution is -2.53. The van der Waals surface area contributed by atoms with Gasteiger partial charge in [-0.05, 0) is 47.2 Å². The van der Waals surface area contributed by atoms with Crippen LogP contribution in [0, 0.1) is 10.1 Å². The number of rotatable bonds is 12. The number of carbonyl (C=O) groups is 2. The fourth-order valence-corrected chi connectivity index (χ4v) is 4.68. The largest absolute Gasteiger partial charge is 0.497 e. The van der Waals surface area contributed by atoms with Gasteiger partial charge in [0.25, 0.3) is 5.91 Å². The average Bonchev–Trinajstić information content (AvgIpc) is 3.43. The zero-order chi connectivity index (χ0) is 28.6. The SMILES string of the molecule is COc1ccc(N(C(c2ccccc2)c2ccccc2)C(C)N(CC(=O)O)C(=O)Cn2ccnc2[N+](=O)[O-])cc1. The zero-order valence-corrected chi connectivity index (χ0v) is 22.0. The van der Waals surface area contributed by atoms with Gasteiger partial charge in [-0.1, -0.05) is 65.6 Å². The smallest absolute Gasteiger partial charge is 0.435 e. The minimum atomic E-state index is -1.22.